The number of benzene rings is 1. The Balaban J connectivity index is 2.73. The number of aliphatic hydroxyl groups excluding tert-OH is 2. The molecular weight excluding hydrogens is 264 g/mol. The summed E-state index contributed by atoms with van der Waals surface area (Å²) in [5.41, 5.74) is 0.0811. The zero-order valence-electron chi connectivity index (χ0n) is 9.82. The molecule has 2 N–H and O–H groups in total. The van der Waals surface area contributed by atoms with E-state index in [-0.39, 0.29) is 25.3 Å². The molecule has 0 amide bonds. The van der Waals surface area contributed by atoms with Gasteiger partial charge >= 0.3 is 0 Å². The molecule has 1 aromatic carbocycles. The molecule has 1 aromatic rings. The van der Waals surface area contributed by atoms with E-state index in [1.807, 2.05) is 0 Å². The first kappa shape index (κ1) is 15.3. The lowest BCUT2D eigenvalue weighted by Crippen LogP contribution is -2.32. The van der Waals surface area contributed by atoms with E-state index in [0.29, 0.717) is 13.1 Å². The van der Waals surface area contributed by atoms with Crippen LogP contribution in [0.3, 0.4) is 0 Å². The molecule has 0 aliphatic rings. The van der Waals surface area contributed by atoms with Gasteiger partial charge in [-0.25, -0.2) is 8.78 Å². The Morgan fingerprint density at radius 3 is 2.33 bits per heavy atom. The van der Waals surface area contributed by atoms with Crippen molar-refractivity contribution in [3.8, 4) is 0 Å². The van der Waals surface area contributed by atoms with Gasteiger partial charge in [-0.05, 0) is 18.2 Å². The predicted octanol–water partition coefficient (Wildman–Crippen LogP) is 1.53. The Hall–Kier alpha value is -0.750. The molecule has 0 radical (unpaired) electrons. The summed E-state index contributed by atoms with van der Waals surface area (Å²) in [6, 6.07) is 3.12. The first-order chi connectivity index (χ1) is 8.58. The Labute approximate surface area is 110 Å². The SMILES string of the molecule is OCCN(CCO)CC(Cl)c1cc(F)ccc1F. The lowest BCUT2D eigenvalue weighted by molar-refractivity contribution is 0.161. The van der Waals surface area contributed by atoms with Gasteiger partial charge in [0.2, 0.25) is 0 Å². The van der Waals surface area contributed by atoms with Crippen LogP contribution in [-0.2, 0) is 0 Å². The van der Waals surface area contributed by atoms with Crippen molar-refractivity contribution in [3.63, 3.8) is 0 Å². The van der Waals surface area contributed by atoms with Gasteiger partial charge < -0.3 is 10.2 Å². The number of nitrogens with zero attached hydrogens (tertiary/aromatic N) is 1. The van der Waals surface area contributed by atoms with E-state index in [1.54, 1.807) is 4.90 Å². The van der Waals surface area contributed by atoms with Crippen molar-refractivity contribution < 1.29 is 19.0 Å². The van der Waals surface area contributed by atoms with Crippen LogP contribution in [0.25, 0.3) is 0 Å². The molecule has 1 unspecified atom stereocenters. The molecular formula is C12H16ClF2NO2. The third kappa shape index (κ3) is 4.49. The third-order valence-corrected chi connectivity index (χ3v) is 2.92. The highest BCUT2D eigenvalue weighted by molar-refractivity contribution is 6.21. The molecule has 6 heteroatoms. The minimum atomic E-state index is -0.737. The first-order valence-electron chi connectivity index (χ1n) is 5.61. The summed E-state index contributed by atoms with van der Waals surface area (Å²) in [7, 11) is 0. The van der Waals surface area contributed by atoms with Gasteiger partial charge in [-0.3, -0.25) is 4.90 Å². The van der Waals surface area contributed by atoms with Crippen LogP contribution < -0.4 is 0 Å². The van der Waals surface area contributed by atoms with Gasteiger partial charge in [0.05, 0.1) is 18.6 Å². The van der Waals surface area contributed by atoms with Crippen LogP contribution >= 0.6 is 11.6 Å². The number of alkyl halides is 1. The highest BCUT2D eigenvalue weighted by Gasteiger charge is 2.17. The maximum Gasteiger partial charge on any atom is 0.128 e. The van der Waals surface area contributed by atoms with Crippen molar-refractivity contribution in [2.75, 3.05) is 32.8 Å². The summed E-state index contributed by atoms with van der Waals surface area (Å²) >= 11 is 6.04. The maximum absolute atomic E-state index is 13.5. The Kier molecular flexibility index (Phi) is 6.49. The van der Waals surface area contributed by atoms with E-state index >= 15 is 0 Å². The number of hydrogen-bond donors (Lipinski definition) is 2. The van der Waals surface area contributed by atoms with Crippen LogP contribution in [-0.4, -0.2) is 48.0 Å². The molecule has 1 atom stereocenters. The van der Waals surface area contributed by atoms with E-state index in [9.17, 15) is 8.78 Å². The van der Waals surface area contributed by atoms with Crippen LogP contribution in [0.4, 0.5) is 8.78 Å². The number of hydrogen-bond acceptors (Lipinski definition) is 3. The van der Waals surface area contributed by atoms with Crippen LogP contribution in [0.2, 0.25) is 0 Å². The summed E-state index contributed by atoms with van der Waals surface area (Å²) in [5.74, 6) is -1.11. The summed E-state index contributed by atoms with van der Waals surface area (Å²) < 4.78 is 26.5. The van der Waals surface area contributed by atoms with Gasteiger partial charge in [0, 0.05) is 25.2 Å². The topological polar surface area (TPSA) is 43.7 Å². The minimum Gasteiger partial charge on any atom is -0.395 e. The smallest absolute Gasteiger partial charge is 0.128 e. The Morgan fingerprint density at radius 2 is 1.78 bits per heavy atom. The minimum absolute atomic E-state index is 0.0811. The van der Waals surface area contributed by atoms with Crippen LogP contribution in [0.5, 0.6) is 0 Å². The van der Waals surface area contributed by atoms with Gasteiger partial charge in [0.1, 0.15) is 11.6 Å². The molecule has 0 aliphatic heterocycles. The second-order valence-corrected chi connectivity index (χ2v) is 4.41. The number of rotatable bonds is 7. The van der Waals surface area contributed by atoms with Crippen molar-refractivity contribution in [3.05, 3.63) is 35.4 Å². The predicted molar refractivity (Wildman–Crippen MR) is 65.6 cm³/mol. The van der Waals surface area contributed by atoms with Gasteiger partial charge in [0.25, 0.3) is 0 Å². The van der Waals surface area contributed by atoms with Gasteiger partial charge in [-0.2, -0.15) is 0 Å². The average Bonchev–Trinajstić information content (AvgIpc) is 2.33. The summed E-state index contributed by atoms with van der Waals surface area (Å²) in [5, 5.41) is 17.0. The van der Waals surface area contributed by atoms with E-state index in [2.05, 4.69) is 0 Å². The highest BCUT2D eigenvalue weighted by atomic mass is 35.5. The molecule has 0 heterocycles. The fourth-order valence-electron chi connectivity index (χ4n) is 1.66. The summed E-state index contributed by atoms with van der Waals surface area (Å²) in [6.07, 6.45) is 0. The standard InChI is InChI=1S/C12H16ClF2NO2/c13-11(8-16(3-5-17)4-6-18)10-7-9(14)1-2-12(10)15/h1-2,7,11,17-18H,3-6,8H2. The van der Waals surface area contributed by atoms with E-state index in [0.717, 1.165) is 18.2 Å². The van der Waals surface area contributed by atoms with E-state index < -0.39 is 17.0 Å². The van der Waals surface area contributed by atoms with E-state index in [4.69, 9.17) is 21.8 Å². The van der Waals surface area contributed by atoms with Gasteiger partial charge in [-0.15, -0.1) is 11.6 Å². The van der Waals surface area contributed by atoms with E-state index in [1.165, 1.54) is 0 Å². The largest absolute Gasteiger partial charge is 0.395 e. The molecule has 0 aromatic heterocycles. The highest BCUT2D eigenvalue weighted by Crippen LogP contribution is 2.25. The maximum atomic E-state index is 13.5. The third-order valence-electron chi connectivity index (χ3n) is 2.55. The second-order valence-electron chi connectivity index (χ2n) is 3.88. The lowest BCUT2D eigenvalue weighted by atomic mass is 10.1. The van der Waals surface area contributed by atoms with Crippen LogP contribution in [0.1, 0.15) is 10.9 Å². The molecule has 18 heavy (non-hydrogen) atoms. The van der Waals surface area contributed by atoms with Crippen LogP contribution in [0, 0.1) is 11.6 Å². The lowest BCUT2D eigenvalue weighted by Gasteiger charge is -2.23. The van der Waals surface area contributed by atoms with Crippen molar-refractivity contribution >= 4 is 11.6 Å². The Morgan fingerprint density at radius 1 is 1.17 bits per heavy atom. The zero-order valence-corrected chi connectivity index (χ0v) is 10.6. The number of halogens is 3. The molecule has 0 bridgehead atoms. The summed E-state index contributed by atoms with van der Waals surface area (Å²) in [4.78, 5) is 1.68. The fraction of sp³-hybridized carbons (Fsp3) is 0.500. The first-order valence-corrected chi connectivity index (χ1v) is 6.05. The Bertz CT molecular complexity index is 373. The number of aliphatic hydroxyl groups is 2. The monoisotopic (exact) mass is 279 g/mol. The molecule has 0 fully saturated rings. The molecule has 0 aliphatic carbocycles. The fourth-order valence-corrected chi connectivity index (χ4v) is 2.02. The average molecular weight is 280 g/mol. The molecule has 102 valence electrons. The van der Waals surface area contributed by atoms with Gasteiger partial charge in [0.15, 0.2) is 0 Å². The molecule has 0 saturated heterocycles. The zero-order chi connectivity index (χ0) is 13.5. The van der Waals surface area contributed by atoms with Crippen molar-refractivity contribution in [1.29, 1.82) is 0 Å². The second kappa shape index (κ2) is 7.63. The van der Waals surface area contributed by atoms with Gasteiger partial charge in [-0.1, -0.05) is 0 Å². The van der Waals surface area contributed by atoms with Crippen molar-refractivity contribution in [1.82, 2.24) is 4.90 Å². The molecule has 0 spiro atoms. The quantitative estimate of drug-likeness (QED) is 0.744. The molecule has 3 nitrogen and oxygen atoms in total. The molecule has 1 rings (SSSR count). The molecule has 0 saturated carbocycles. The normalized spacial score (nSPS) is 13.0. The van der Waals surface area contributed by atoms with Crippen molar-refractivity contribution in [2.45, 2.75) is 5.38 Å². The van der Waals surface area contributed by atoms with Crippen molar-refractivity contribution in [2.24, 2.45) is 0 Å². The summed E-state index contributed by atoms with van der Waals surface area (Å²) in [6.45, 7) is 0.689. The van der Waals surface area contributed by atoms with Crippen LogP contribution in [0.15, 0.2) is 18.2 Å².